The third-order valence-electron chi connectivity index (χ3n) is 3.69. The van der Waals surface area contributed by atoms with Crippen molar-refractivity contribution in [3.8, 4) is 0 Å². The van der Waals surface area contributed by atoms with Gasteiger partial charge >= 0.3 is 11.7 Å². The Hall–Kier alpha value is -2.44. The van der Waals surface area contributed by atoms with Crippen molar-refractivity contribution in [2.45, 2.75) is 19.8 Å². The number of aryl methyl sites for hydroxylation is 1. The number of hydrogen-bond acceptors (Lipinski definition) is 4. The SMILES string of the molecule is CC=Cc1ncc2c(n1)n(C)c(=O)n2C(=O)N1CCCC1. The van der Waals surface area contributed by atoms with Gasteiger partial charge in [-0.05, 0) is 25.8 Å². The zero-order valence-electron chi connectivity index (χ0n) is 12.1. The fourth-order valence-corrected chi connectivity index (χ4v) is 2.59. The number of nitrogens with zero attached hydrogens (tertiary/aromatic N) is 5. The summed E-state index contributed by atoms with van der Waals surface area (Å²) in [7, 11) is 1.62. The number of imidazole rings is 1. The van der Waals surface area contributed by atoms with Crippen LogP contribution in [0, 0.1) is 0 Å². The number of carbonyl (C=O) groups excluding carboxylic acids is 1. The number of likely N-dealkylation sites (tertiary alicyclic amines) is 1. The van der Waals surface area contributed by atoms with Crippen LogP contribution >= 0.6 is 0 Å². The molecule has 1 aliphatic rings. The fourth-order valence-electron chi connectivity index (χ4n) is 2.59. The first-order chi connectivity index (χ1) is 10.1. The lowest BCUT2D eigenvalue weighted by Crippen LogP contribution is -2.38. The summed E-state index contributed by atoms with van der Waals surface area (Å²) in [5, 5.41) is 0. The lowest BCUT2D eigenvalue weighted by molar-refractivity contribution is 0.210. The maximum atomic E-state index is 12.5. The van der Waals surface area contributed by atoms with Crippen LogP contribution < -0.4 is 5.69 Å². The van der Waals surface area contributed by atoms with Crippen molar-refractivity contribution in [3.05, 3.63) is 28.6 Å². The summed E-state index contributed by atoms with van der Waals surface area (Å²) in [6, 6.07) is -0.287. The summed E-state index contributed by atoms with van der Waals surface area (Å²) in [4.78, 5) is 35.1. The topological polar surface area (TPSA) is 73.0 Å². The van der Waals surface area contributed by atoms with Gasteiger partial charge in [0.1, 0.15) is 5.52 Å². The van der Waals surface area contributed by atoms with Gasteiger partial charge in [0.2, 0.25) is 0 Å². The number of rotatable bonds is 1. The molecule has 1 saturated heterocycles. The van der Waals surface area contributed by atoms with E-state index >= 15 is 0 Å². The molecule has 7 heteroatoms. The second-order valence-electron chi connectivity index (χ2n) is 5.09. The van der Waals surface area contributed by atoms with Crippen LogP contribution in [0.3, 0.4) is 0 Å². The van der Waals surface area contributed by atoms with E-state index in [2.05, 4.69) is 9.97 Å². The van der Waals surface area contributed by atoms with Crippen LogP contribution in [0.5, 0.6) is 0 Å². The van der Waals surface area contributed by atoms with Gasteiger partial charge in [-0.1, -0.05) is 6.08 Å². The van der Waals surface area contributed by atoms with E-state index in [9.17, 15) is 9.59 Å². The van der Waals surface area contributed by atoms with E-state index in [1.54, 1.807) is 18.0 Å². The maximum absolute atomic E-state index is 12.5. The highest BCUT2D eigenvalue weighted by Gasteiger charge is 2.25. The van der Waals surface area contributed by atoms with Gasteiger partial charge in [-0.15, -0.1) is 0 Å². The Kier molecular flexibility index (Phi) is 3.32. The Morgan fingerprint density at radius 3 is 2.71 bits per heavy atom. The van der Waals surface area contributed by atoms with Gasteiger partial charge in [0.25, 0.3) is 0 Å². The van der Waals surface area contributed by atoms with Crippen LogP contribution in [-0.2, 0) is 7.05 Å². The molecule has 0 spiro atoms. The molecule has 0 radical (unpaired) electrons. The molecule has 1 amide bonds. The van der Waals surface area contributed by atoms with Crippen molar-refractivity contribution in [3.63, 3.8) is 0 Å². The van der Waals surface area contributed by atoms with Gasteiger partial charge in [0.15, 0.2) is 11.5 Å². The summed E-state index contributed by atoms with van der Waals surface area (Å²) < 4.78 is 2.55. The minimum atomic E-state index is -0.381. The molecular formula is C14H17N5O2. The number of hydrogen-bond donors (Lipinski definition) is 0. The molecule has 0 unspecified atom stereocenters. The fraction of sp³-hybridized carbons (Fsp3) is 0.429. The van der Waals surface area contributed by atoms with Gasteiger partial charge in [-0.2, -0.15) is 0 Å². The molecule has 3 heterocycles. The second kappa shape index (κ2) is 5.16. The van der Waals surface area contributed by atoms with Crippen LogP contribution in [0.25, 0.3) is 17.2 Å². The van der Waals surface area contributed by atoms with Crippen LogP contribution in [0.4, 0.5) is 4.79 Å². The van der Waals surface area contributed by atoms with Crippen molar-refractivity contribution in [1.29, 1.82) is 0 Å². The van der Waals surface area contributed by atoms with E-state index in [0.29, 0.717) is 30.1 Å². The van der Waals surface area contributed by atoms with Crippen molar-refractivity contribution >= 4 is 23.3 Å². The molecule has 7 nitrogen and oxygen atoms in total. The van der Waals surface area contributed by atoms with Gasteiger partial charge in [0, 0.05) is 20.1 Å². The molecule has 110 valence electrons. The molecule has 0 bridgehead atoms. The molecule has 21 heavy (non-hydrogen) atoms. The monoisotopic (exact) mass is 287 g/mol. The molecule has 2 aromatic rings. The Labute approximate surface area is 121 Å². The maximum Gasteiger partial charge on any atom is 0.338 e. The normalized spacial score (nSPS) is 15.4. The summed E-state index contributed by atoms with van der Waals surface area (Å²) in [5.74, 6) is 0.520. The predicted molar refractivity (Wildman–Crippen MR) is 79.1 cm³/mol. The predicted octanol–water partition coefficient (Wildman–Crippen LogP) is 1.23. The molecular weight excluding hydrogens is 270 g/mol. The molecule has 0 aromatic carbocycles. The quantitative estimate of drug-likeness (QED) is 0.790. The first-order valence-electron chi connectivity index (χ1n) is 7.00. The molecule has 1 aliphatic heterocycles. The first-order valence-corrected chi connectivity index (χ1v) is 7.00. The Balaban J connectivity index is 2.16. The number of allylic oxidation sites excluding steroid dienone is 1. The zero-order chi connectivity index (χ0) is 15.0. The van der Waals surface area contributed by atoms with Crippen LogP contribution in [-0.4, -0.2) is 43.1 Å². The Bertz CT molecular complexity index is 780. The highest BCUT2D eigenvalue weighted by Crippen LogP contribution is 2.14. The molecule has 3 rings (SSSR count). The number of carbonyl (C=O) groups is 1. The highest BCUT2D eigenvalue weighted by molar-refractivity contribution is 5.87. The molecule has 0 atom stereocenters. The van der Waals surface area contributed by atoms with E-state index in [-0.39, 0.29) is 11.7 Å². The second-order valence-corrected chi connectivity index (χ2v) is 5.09. The summed E-state index contributed by atoms with van der Waals surface area (Å²) in [6.07, 6.45) is 7.07. The minimum Gasteiger partial charge on any atom is -0.324 e. The lowest BCUT2D eigenvalue weighted by atomic mass is 10.4. The van der Waals surface area contributed by atoms with E-state index in [1.165, 1.54) is 15.3 Å². The molecule has 0 N–H and O–H groups in total. The van der Waals surface area contributed by atoms with E-state index in [0.717, 1.165) is 12.8 Å². The lowest BCUT2D eigenvalue weighted by Gasteiger charge is -2.14. The first kappa shape index (κ1) is 13.5. The summed E-state index contributed by atoms with van der Waals surface area (Å²) in [6.45, 7) is 3.26. The largest absolute Gasteiger partial charge is 0.338 e. The highest BCUT2D eigenvalue weighted by atomic mass is 16.2. The van der Waals surface area contributed by atoms with E-state index in [1.807, 2.05) is 13.0 Å². The van der Waals surface area contributed by atoms with Crippen molar-refractivity contribution in [2.75, 3.05) is 13.1 Å². The van der Waals surface area contributed by atoms with Gasteiger partial charge in [-0.25, -0.2) is 24.1 Å². The van der Waals surface area contributed by atoms with Gasteiger partial charge in [0.05, 0.1) is 6.20 Å². The van der Waals surface area contributed by atoms with Gasteiger partial charge in [-0.3, -0.25) is 4.57 Å². The molecule has 0 aliphatic carbocycles. The minimum absolute atomic E-state index is 0.287. The number of fused-ring (bicyclic) bond motifs is 1. The standard InChI is InChI=1S/C14H17N5O2/c1-3-6-11-15-9-10-12(16-11)17(2)13(20)19(10)14(21)18-7-4-5-8-18/h3,6,9H,4-5,7-8H2,1-2H3. The average Bonchev–Trinajstić information content (AvgIpc) is 3.09. The van der Waals surface area contributed by atoms with Crippen LogP contribution in [0.2, 0.25) is 0 Å². The molecule has 1 fully saturated rings. The number of aromatic nitrogens is 4. The van der Waals surface area contributed by atoms with Crippen molar-refractivity contribution < 1.29 is 4.79 Å². The summed E-state index contributed by atoms with van der Waals surface area (Å²) in [5.41, 5.74) is 0.539. The van der Waals surface area contributed by atoms with Crippen LogP contribution in [0.15, 0.2) is 17.1 Å². The van der Waals surface area contributed by atoms with E-state index < -0.39 is 0 Å². The Morgan fingerprint density at radius 1 is 1.33 bits per heavy atom. The summed E-state index contributed by atoms with van der Waals surface area (Å²) >= 11 is 0. The zero-order valence-corrected chi connectivity index (χ0v) is 12.1. The smallest absolute Gasteiger partial charge is 0.324 e. The van der Waals surface area contributed by atoms with Crippen molar-refractivity contribution in [1.82, 2.24) is 24.0 Å². The van der Waals surface area contributed by atoms with Crippen LogP contribution in [0.1, 0.15) is 25.6 Å². The molecule has 0 saturated carbocycles. The average molecular weight is 287 g/mol. The third-order valence-corrected chi connectivity index (χ3v) is 3.69. The van der Waals surface area contributed by atoms with Crippen molar-refractivity contribution in [2.24, 2.45) is 7.05 Å². The Morgan fingerprint density at radius 2 is 2.05 bits per heavy atom. The van der Waals surface area contributed by atoms with E-state index in [4.69, 9.17) is 0 Å². The van der Waals surface area contributed by atoms with Gasteiger partial charge < -0.3 is 4.90 Å². The number of amides is 1. The third kappa shape index (κ3) is 2.14. The molecule has 2 aromatic heterocycles.